The third-order valence-electron chi connectivity index (χ3n) is 16.3. The lowest BCUT2D eigenvalue weighted by Gasteiger charge is -2.41. The molecule has 83 heavy (non-hydrogen) atoms. The molecule has 0 aromatic heterocycles. The highest BCUT2D eigenvalue weighted by Gasteiger charge is 2.46. The van der Waals surface area contributed by atoms with Crippen LogP contribution in [0.3, 0.4) is 0 Å². The first-order valence-corrected chi connectivity index (χ1v) is 29.1. The van der Waals surface area contributed by atoms with Crippen molar-refractivity contribution in [1.29, 1.82) is 0 Å². The van der Waals surface area contributed by atoms with Crippen LogP contribution in [0.4, 0.5) is 0 Å². The molecular weight excluding hydrogens is 1070 g/mol. The number of amides is 10. The zero-order chi connectivity index (χ0) is 62.9. The average Bonchev–Trinajstić information content (AvgIpc) is 3.50. The predicted octanol–water partition coefficient (Wildman–Crippen LogP) is 2.54. The highest BCUT2D eigenvalue weighted by atomic mass is 16.5. The highest BCUT2D eigenvalue weighted by molar-refractivity contribution is 6.00. The first-order valence-electron chi connectivity index (χ1n) is 29.1. The lowest BCUT2D eigenvalue weighted by atomic mass is 9.92. The van der Waals surface area contributed by atoms with Gasteiger partial charge in [0, 0.05) is 54.7 Å². The van der Waals surface area contributed by atoms with E-state index in [-0.39, 0.29) is 25.9 Å². The van der Waals surface area contributed by atoms with Crippen LogP contribution in [0.2, 0.25) is 0 Å². The molecule has 10 amide bonds. The number of carbonyl (C=O) groups is 11. The van der Waals surface area contributed by atoms with Gasteiger partial charge in [-0.3, -0.25) is 47.9 Å². The molecule has 3 rings (SSSR count). The van der Waals surface area contributed by atoms with Crippen LogP contribution in [0.5, 0.6) is 5.75 Å². The number of benzene rings is 1. The molecule has 1 aromatic carbocycles. The van der Waals surface area contributed by atoms with Crippen molar-refractivity contribution in [3.8, 4) is 5.75 Å². The number of rotatable bonds is 14. The Morgan fingerprint density at radius 1 is 0.675 bits per heavy atom. The molecule has 2 aliphatic rings. The van der Waals surface area contributed by atoms with Gasteiger partial charge in [-0.1, -0.05) is 100 Å². The summed E-state index contributed by atoms with van der Waals surface area (Å²) in [4.78, 5) is 167. The Labute approximate surface area is 491 Å². The predicted molar refractivity (Wildman–Crippen MR) is 313 cm³/mol. The second kappa shape index (κ2) is 32.1. The first kappa shape index (κ1) is 70.2. The van der Waals surface area contributed by atoms with Gasteiger partial charge in [0.25, 0.3) is 5.91 Å². The number of carbonyl (C=O) groups excluding carboxylic acids is 11. The van der Waals surface area contributed by atoms with Crippen LogP contribution in [-0.4, -0.2) is 211 Å². The molecule has 4 N–H and O–H groups in total. The SMILES string of the molecule is C=CCNC(=O)C[C@@H]1C(=O)N(C)[C@@H]([C@@H](C)CC)C(=O)N(C)[C@@H]([C@H](C)CC)C(=O)NCC(=O)N(C)[C@@H](C(C)C)C(=O)N[C@@H](Cc2ccc(OC)cc2)C(=O)O[C@H](C)C(=O)N2CCCC[C@H]2C(=O)N(C)[C@@H](C(C)C)C(=O)N[C@@H](C(C)C)C(=O)N1C. The number of hydrogen-bond acceptors (Lipinski definition) is 13. The van der Waals surface area contributed by atoms with Gasteiger partial charge in [-0.05, 0) is 73.5 Å². The standard InChI is InChI=1S/C60H96N10O13/c1-19-29-61-45(71)32-44-57(78)69(17)51(38(11)21-3)59(80)68(16)50(37(10)20-2)52(73)62-33-46(72)66(14)48(35(6)7)53(74)63-42(31-40-25-27-41(82-18)28-26-40)60(81)83-39(12)55(76)70-30-23-22-24-43(70)56(77)67(15)49(36(8)9)54(75)64-47(34(4)5)58(79)65(44)13/h19,25-28,34-39,42-44,47-51H,1,20-24,29-33H2,2-18H3,(H,61,71)(H,62,73)(H,63,74)(H,64,75)/t37-,38+,39-,42+,43+,44-,47+,48+,49+,50+,51+/m1/s1. The number of nitrogens with zero attached hydrogens (tertiary/aromatic N) is 6. The summed E-state index contributed by atoms with van der Waals surface area (Å²) in [5.41, 5.74) is 0.586. The molecule has 0 saturated carbocycles. The normalized spacial score (nSPS) is 26.1. The van der Waals surface area contributed by atoms with Gasteiger partial charge in [0.2, 0.25) is 53.2 Å². The second-order valence-electron chi connectivity index (χ2n) is 23.3. The molecule has 0 bridgehead atoms. The highest BCUT2D eigenvalue weighted by Crippen LogP contribution is 2.26. The number of methoxy groups -OCH3 is 1. The Kier molecular flexibility index (Phi) is 27.2. The van der Waals surface area contributed by atoms with Gasteiger partial charge in [0.1, 0.15) is 54.1 Å². The van der Waals surface area contributed by atoms with Crippen LogP contribution in [0.15, 0.2) is 36.9 Å². The van der Waals surface area contributed by atoms with Crippen LogP contribution >= 0.6 is 0 Å². The summed E-state index contributed by atoms with van der Waals surface area (Å²) < 4.78 is 11.2. The Bertz CT molecular complexity index is 2470. The third-order valence-corrected chi connectivity index (χ3v) is 16.3. The first-order chi connectivity index (χ1) is 38.9. The maximum atomic E-state index is 15.1. The molecule has 2 fully saturated rings. The molecule has 0 aliphatic carbocycles. The summed E-state index contributed by atoms with van der Waals surface area (Å²) in [6.07, 6.45) is 1.37. The number of likely N-dealkylation sites (N-methyl/N-ethyl adjacent to an activating group) is 5. The van der Waals surface area contributed by atoms with E-state index in [1.54, 1.807) is 79.7 Å². The van der Waals surface area contributed by atoms with Gasteiger partial charge in [-0.2, -0.15) is 0 Å². The Hall–Kier alpha value is -7.07. The van der Waals surface area contributed by atoms with Gasteiger partial charge < -0.3 is 60.1 Å². The number of ether oxygens (including phenoxy) is 2. The lowest BCUT2D eigenvalue weighted by molar-refractivity contribution is -0.165. The second-order valence-corrected chi connectivity index (χ2v) is 23.3. The van der Waals surface area contributed by atoms with Gasteiger partial charge in [-0.25, -0.2) is 4.79 Å². The third kappa shape index (κ3) is 18.0. The number of fused-ring (bicyclic) bond motifs is 1. The van der Waals surface area contributed by atoms with E-state index in [0.717, 1.165) is 9.80 Å². The Morgan fingerprint density at radius 3 is 1.76 bits per heavy atom. The molecule has 23 heteroatoms. The molecule has 1 aromatic rings. The van der Waals surface area contributed by atoms with Crippen molar-refractivity contribution < 1.29 is 62.2 Å². The smallest absolute Gasteiger partial charge is 0.329 e. The molecule has 2 heterocycles. The lowest BCUT2D eigenvalue weighted by Crippen LogP contribution is -2.63. The maximum Gasteiger partial charge on any atom is 0.329 e. The van der Waals surface area contributed by atoms with E-state index >= 15 is 9.59 Å². The van der Waals surface area contributed by atoms with E-state index in [1.165, 1.54) is 74.9 Å². The van der Waals surface area contributed by atoms with E-state index in [9.17, 15) is 43.2 Å². The average molecular weight is 1170 g/mol. The summed E-state index contributed by atoms with van der Waals surface area (Å²) in [7, 11) is 8.47. The fraction of sp³-hybridized carbons (Fsp3) is 0.683. The monoisotopic (exact) mass is 1160 g/mol. The van der Waals surface area contributed by atoms with E-state index in [2.05, 4.69) is 27.8 Å². The molecular formula is C60H96N10O13. The van der Waals surface area contributed by atoms with E-state index in [1.807, 2.05) is 13.8 Å². The van der Waals surface area contributed by atoms with Gasteiger partial charge in [0.05, 0.1) is 20.1 Å². The number of piperidine rings is 1. The van der Waals surface area contributed by atoms with Crippen molar-refractivity contribution >= 4 is 65.0 Å². The Morgan fingerprint density at radius 2 is 1.22 bits per heavy atom. The van der Waals surface area contributed by atoms with Gasteiger partial charge in [-0.15, -0.1) is 6.58 Å². The zero-order valence-electron chi connectivity index (χ0n) is 52.2. The van der Waals surface area contributed by atoms with Crippen LogP contribution in [0.1, 0.15) is 120 Å². The quantitative estimate of drug-likeness (QED) is 0.154. The van der Waals surface area contributed by atoms with Crippen molar-refractivity contribution in [3.05, 3.63) is 42.5 Å². The van der Waals surface area contributed by atoms with Crippen LogP contribution in [-0.2, 0) is 63.9 Å². The minimum Gasteiger partial charge on any atom is -0.497 e. The van der Waals surface area contributed by atoms with Crippen molar-refractivity contribution in [2.24, 2.45) is 29.6 Å². The van der Waals surface area contributed by atoms with E-state index in [0.29, 0.717) is 37.0 Å². The van der Waals surface area contributed by atoms with Crippen molar-refractivity contribution in [2.75, 3.05) is 62.0 Å². The van der Waals surface area contributed by atoms with Crippen LogP contribution in [0.25, 0.3) is 0 Å². The summed E-state index contributed by atoms with van der Waals surface area (Å²) in [5, 5.41) is 10.9. The molecule has 2 saturated heterocycles. The number of cyclic esters (lactones) is 1. The molecule has 2 aliphatic heterocycles. The molecule has 11 atom stereocenters. The minimum atomic E-state index is -1.53. The van der Waals surface area contributed by atoms with Crippen LogP contribution < -0.4 is 26.0 Å². The molecule has 0 spiro atoms. The van der Waals surface area contributed by atoms with Crippen molar-refractivity contribution in [2.45, 2.75) is 176 Å². The van der Waals surface area contributed by atoms with E-state index in [4.69, 9.17) is 9.47 Å². The zero-order valence-corrected chi connectivity index (χ0v) is 52.2. The van der Waals surface area contributed by atoms with Crippen molar-refractivity contribution in [1.82, 2.24) is 50.7 Å². The number of hydrogen-bond donors (Lipinski definition) is 4. The maximum absolute atomic E-state index is 15.1. The molecule has 0 radical (unpaired) electrons. The summed E-state index contributed by atoms with van der Waals surface area (Å²) in [6, 6.07) is -3.44. The molecule has 464 valence electrons. The van der Waals surface area contributed by atoms with Gasteiger partial charge >= 0.3 is 5.97 Å². The number of nitrogens with one attached hydrogen (secondary N) is 4. The largest absolute Gasteiger partial charge is 0.497 e. The summed E-state index contributed by atoms with van der Waals surface area (Å²) in [5.74, 6) is -10.1. The number of esters is 1. The molecule has 23 nitrogen and oxygen atoms in total. The van der Waals surface area contributed by atoms with Crippen LogP contribution in [0, 0.1) is 29.6 Å². The van der Waals surface area contributed by atoms with E-state index < -0.39 is 162 Å². The van der Waals surface area contributed by atoms with Gasteiger partial charge in [0.15, 0.2) is 6.10 Å². The van der Waals surface area contributed by atoms with Crippen molar-refractivity contribution in [3.63, 3.8) is 0 Å². The minimum absolute atomic E-state index is 0.0415. The summed E-state index contributed by atoms with van der Waals surface area (Å²) >= 11 is 0. The fourth-order valence-corrected chi connectivity index (χ4v) is 10.9. The Balaban J connectivity index is 2.30. The topological polar surface area (TPSA) is 274 Å². The molecule has 0 unspecified atom stereocenters. The fourth-order valence-electron chi connectivity index (χ4n) is 10.9. The summed E-state index contributed by atoms with van der Waals surface area (Å²) in [6.45, 7) is 22.0.